The van der Waals surface area contributed by atoms with E-state index >= 15 is 0 Å². The van der Waals surface area contributed by atoms with Crippen LogP contribution in [0.1, 0.15) is 26.7 Å². The Kier molecular flexibility index (Phi) is 4.00. The van der Waals surface area contributed by atoms with Crippen molar-refractivity contribution in [3.05, 3.63) is 0 Å². The molecule has 0 aromatic rings. The third-order valence-electron chi connectivity index (χ3n) is 3.72. The highest BCUT2D eigenvalue weighted by Crippen LogP contribution is 2.35. The summed E-state index contributed by atoms with van der Waals surface area (Å²) in [5.41, 5.74) is 0. The lowest BCUT2D eigenvalue weighted by Crippen LogP contribution is -2.52. The molecule has 0 saturated carbocycles. The molecule has 3 aliphatic rings. The van der Waals surface area contributed by atoms with E-state index in [1.54, 1.807) is 0 Å². The summed E-state index contributed by atoms with van der Waals surface area (Å²) in [4.78, 5) is 2.55. The molecule has 2 bridgehead atoms. The second-order valence-corrected chi connectivity index (χ2v) is 4.58. The molecule has 3 heteroatoms. The molecule has 0 aliphatic carbocycles. The van der Waals surface area contributed by atoms with Crippen LogP contribution >= 0.6 is 0 Å². The molecule has 0 N–H and O–H groups in total. The zero-order valence-corrected chi connectivity index (χ0v) is 9.95. The van der Waals surface area contributed by atoms with Gasteiger partial charge in [0.25, 0.3) is 0 Å². The molecule has 3 nitrogen and oxygen atoms in total. The lowest BCUT2D eigenvalue weighted by atomic mass is 9.78. The molecule has 1 atom stereocenters. The lowest BCUT2D eigenvalue weighted by molar-refractivity contribution is -0.196. The van der Waals surface area contributed by atoms with Crippen molar-refractivity contribution < 1.29 is 9.47 Å². The molecule has 3 heterocycles. The van der Waals surface area contributed by atoms with Crippen LogP contribution in [0.25, 0.3) is 0 Å². The van der Waals surface area contributed by atoms with Crippen molar-refractivity contribution in [1.29, 1.82) is 0 Å². The zero-order chi connectivity index (χ0) is 10.7. The third kappa shape index (κ3) is 2.52. The first-order valence-electron chi connectivity index (χ1n) is 6.30. The molecule has 3 fully saturated rings. The molecule has 0 aromatic carbocycles. The van der Waals surface area contributed by atoms with E-state index in [0.29, 0.717) is 5.92 Å². The molecule has 0 amide bonds. The Morgan fingerprint density at radius 2 is 1.73 bits per heavy atom. The maximum Gasteiger partial charge on any atom is 0.161 e. The standard InChI is InChI=1S/C12H23NO2/c1-3-14-12(15-4-2)11-9-13-7-5-10(11)6-8-13/h10-12H,3-9H2,1-2H3. The van der Waals surface area contributed by atoms with Gasteiger partial charge >= 0.3 is 0 Å². The normalized spacial score (nSPS) is 35.0. The highest BCUT2D eigenvalue weighted by molar-refractivity contribution is 4.88. The van der Waals surface area contributed by atoms with Crippen LogP contribution < -0.4 is 0 Å². The van der Waals surface area contributed by atoms with Gasteiger partial charge in [-0.3, -0.25) is 0 Å². The Morgan fingerprint density at radius 3 is 2.13 bits per heavy atom. The number of ether oxygens (including phenoxy) is 2. The molecule has 88 valence electrons. The van der Waals surface area contributed by atoms with Crippen molar-refractivity contribution >= 4 is 0 Å². The second kappa shape index (κ2) is 5.28. The van der Waals surface area contributed by atoms with Crippen molar-refractivity contribution in [1.82, 2.24) is 4.90 Å². The molecule has 0 radical (unpaired) electrons. The molecular formula is C12H23NO2. The van der Waals surface area contributed by atoms with Crippen LogP contribution in [0, 0.1) is 11.8 Å². The van der Waals surface area contributed by atoms with Gasteiger partial charge in [0.15, 0.2) is 6.29 Å². The minimum Gasteiger partial charge on any atom is -0.353 e. The lowest BCUT2D eigenvalue weighted by Gasteiger charge is -2.47. The highest BCUT2D eigenvalue weighted by Gasteiger charge is 2.39. The molecular weight excluding hydrogens is 190 g/mol. The summed E-state index contributed by atoms with van der Waals surface area (Å²) in [5.74, 6) is 1.44. The number of fused-ring (bicyclic) bond motifs is 3. The summed E-state index contributed by atoms with van der Waals surface area (Å²) in [6, 6.07) is 0. The van der Waals surface area contributed by atoms with Crippen LogP contribution in [-0.2, 0) is 9.47 Å². The van der Waals surface area contributed by atoms with Gasteiger partial charge in [-0.05, 0) is 45.7 Å². The van der Waals surface area contributed by atoms with Crippen LogP contribution in [0.2, 0.25) is 0 Å². The minimum atomic E-state index is 0.0353. The van der Waals surface area contributed by atoms with E-state index in [4.69, 9.17) is 9.47 Å². The Morgan fingerprint density at radius 1 is 1.13 bits per heavy atom. The quantitative estimate of drug-likeness (QED) is 0.649. The van der Waals surface area contributed by atoms with Crippen molar-refractivity contribution in [2.75, 3.05) is 32.8 Å². The third-order valence-corrected chi connectivity index (χ3v) is 3.72. The van der Waals surface area contributed by atoms with Crippen molar-refractivity contribution in [3.63, 3.8) is 0 Å². The van der Waals surface area contributed by atoms with Crippen molar-refractivity contribution in [2.45, 2.75) is 33.0 Å². The van der Waals surface area contributed by atoms with Gasteiger partial charge in [-0.1, -0.05) is 0 Å². The van der Waals surface area contributed by atoms with Gasteiger partial charge in [0.2, 0.25) is 0 Å². The van der Waals surface area contributed by atoms with Crippen LogP contribution in [-0.4, -0.2) is 44.0 Å². The van der Waals surface area contributed by atoms with Gasteiger partial charge in [-0.25, -0.2) is 0 Å². The summed E-state index contributed by atoms with van der Waals surface area (Å²) >= 11 is 0. The van der Waals surface area contributed by atoms with Crippen molar-refractivity contribution in [3.8, 4) is 0 Å². The molecule has 1 unspecified atom stereocenters. The molecule has 0 aromatic heterocycles. The summed E-state index contributed by atoms with van der Waals surface area (Å²) in [6.07, 6.45) is 2.70. The maximum atomic E-state index is 5.73. The summed E-state index contributed by atoms with van der Waals surface area (Å²) in [6.45, 7) is 9.36. The van der Waals surface area contributed by atoms with E-state index in [1.165, 1.54) is 32.5 Å². The number of rotatable bonds is 5. The first kappa shape index (κ1) is 11.4. The first-order valence-corrected chi connectivity index (χ1v) is 6.30. The molecule has 3 saturated heterocycles. The fraction of sp³-hybridized carbons (Fsp3) is 1.00. The summed E-state index contributed by atoms with van der Waals surface area (Å²) in [5, 5.41) is 0. The summed E-state index contributed by atoms with van der Waals surface area (Å²) in [7, 11) is 0. The fourth-order valence-corrected chi connectivity index (χ4v) is 2.94. The predicted octanol–water partition coefficient (Wildman–Crippen LogP) is 1.73. The molecule has 3 aliphatic heterocycles. The van der Waals surface area contributed by atoms with E-state index in [2.05, 4.69) is 4.90 Å². The molecule has 0 spiro atoms. The molecule has 3 rings (SSSR count). The average molecular weight is 213 g/mol. The summed E-state index contributed by atoms with van der Waals surface area (Å²) < 4.78 is 11.5. The number of hydrogen-bond acceptors (Lipinski definition) is 3. The fourth-order valence-electron chi connectivity index (χ4n) is 2.94. The first-order chi connectivity index (χ1) is 7.35. The number of piperidine rings is 3. The maximum absolute atomic E-state index is 5.73. The Hall–Kier alpha value is -0.120. The van der Waals surface area contributed by atoms with Crippen LogP contribution in [0.3, 0.4) is 0 Å². The predicted molar refractivity (Wildman–Crippen MR) is 59.7 cm³/mol. The van der Waals surface area contributed by atoms with Gasteiger partial charge in [-0.15, -0.1) is 0 Å². The number of nitrogens with zero attached hydrogens (tertiary/aromatic N) is 1. The Bertz CT molecular complexity index is 184. The van der Waals surface area contributed by atoms with E-state index in [9.17, 15) is 0 Å². The SMILES string of the molecule is CCOC(OCC)C1CN2CCC1CC2. The van der Waals surface area contributed by atoms with Gasteiger partial charge in [0.05, 0.1) is 0 Å². The largest absolute Gasteiger partial charge is 0.353 e. The average Bonchev–Trinajstić information content (AvgIpc) is 2.30. The van der Waals surface area contributed by atoms with E-state index in [0.717, 1.165) is 19.1 Å². The van der Waals surface area contributed by atoms with E-state index in [1.807, 2.05) is 13.8 Å². The number of hydrogen-bond donors (Lipinski definition) is 0. The topological polar surface area (TPSA) is 21.7 Å². The van der Waals surface area contributed by atoms with Gasteiger partial charge < -0.3 is 14.4 Å². The smallest absolute Gasteiger partial charge is 0.161 e. The Balaban J connectivity index is 1.94. The van der Waals surface area contributed by atoms with Gasteiger partial charge in [0, 0.05) is 25.7 Å². The molecule has 15 heavy (non-hydrogen) atoms. The van der Waals surface area contributed by atoms with Crippen molar-refractivity contribution in [2.24, 2.45) is 11.8 Å². The van der Waals surface area contributed by atoms with E-state index < -0.39 is 0 Å². The van der Waals surface area contributed by atoms with E-state index in [-0.39, 0.29) is 6.29 Å². The van der Waals surface area contributed by atoms with Crippen LogP contribution in [0.4, 0.5) is 0 Å². The van der Waals surface area contributed by atoms with Gasteiger partial charge in [0.1, 0.15) is 0 Å². The zero-order valence-electron chi connectivity index (χ0n) is 9.95. The van der Waals surface area contributed by atoms with Crippen LogP contribution in [0.5, 0.6) is 0 Å². The Labute approximate surface area is 92.7 Å². The second-order valence-electron chi connectivity index (χ2n) is 4.58. The van der Waals surface area contributed by atoms with Crippen LogP contribution in [0.15, 0.2) is 0 Å². The minimum absolute atomic E-state index is 0.0353. The van der Waals surface area contributed by atoms with Gasteiger partial charge in [-0.2, -0.15) is 0 Å². The highest BCUT2D eigenvalue weighted by atomic mass is 16.7. The monoisotopic (exact) mass is 213 g/mol.